The van der Waals surface area contributed by atoms with E-state index in [1.165, 1.54) is 11.3 Å². The summed E-state index contributed by atoms with van der Waals surface area (Å²) < 4.78 is 0.907. The molecule has 0 aliphatic carbocycles. The van der Waals surface area contributed by atoms with E-state index < -0.39 is 5.60 Å². The van der Waals surface area contributed by atoms with Crippen LogP contribution in [0.2, 0.25) is 5.02 Å². The number of carbonyl (C=O) groups excluding carboxylic acids is 1. The maximum Gasteiger partial charge on any atom is 0.266 e. The molecule has 3 N–H and O–H groups in total. The molecular formula is C14H15ClN2O2S. The summed E-state index contributed by atoms with van der Waals surface area (Å²) in [4.78, 5) is 14.7. The average Bonchev–Trinajstić information content (AvgIpc) is 2.89. The molecule has 3 rings (SSSR count). The van der Waals surface area contributed by atoms with Crippen LogP contribution in [0.15, 0.2) is 18.2 Å². The number of benzene rings is 1. The van der Waals surface area contributed by atoms with Gasteiger partial charge in [0, 0.05) is 28.2 Å². The number of thiophene rings is 1. The molecule has 4 nitrogen and oxygen atoms in total. The van der Waals surface area contributed by atoms with Crippen LogP contribution in [0.5, 0.6) is 0 Å². The predicted molar refractivity (Wildman–Crippen MR) is 82.4 cm³/mol. The molecule has 1 aromatic heterocycles. The van der Waals surface area contributed by atoms with E-state index in [1.807, 2.05) is 12.1 Å². The highest BCUT2D eigenvalue weighted by Crippen LogP contribution is 2.36. The van der Waals surface area contributed by atoms with Crippen molar-refractivity contribution >= 4 is 44.6 Å². The molecule has 0 bridgehead atoms. The number of rotatable bonds is 1. The fourth-order valence-corrected chi connectivity index (χ4v) is 3.88. The Labute approximate surface area is 125 Å². The first-order valence-corrected chi connectivity index (χ1v) is 7.56. The highest BCUT2D eigenvalue weighted by molar-refractivity contribution is 7.21. The number of nitrogens with zero attached hydrogens (tertiary/aromatic N) is 1. The van der Waals surface area contributed by atoms with Crippen LogP contribution < -0.4 is 5.73 Å². The molecule has 1 saturated heterocycles. The number of β-amino-alcohol motifs (C(OH)–C–C–N with tert-alkyl or cyclic N) is 1. The van der Waals surface area contributed by atoms with Crippen LogP contribution in [0.4, 0.5) is 5.69 Å². The average molecular weight is 311 g/mol. The molecule has 0 saturated carbocycles. The van der Waals surface area contributed by atoms with Crippen LogP contribution in [0.1, 0.15) is 23.0 Å². The number of nitrogen functional groups attached to an aromatic ring is 1. The smallest absolute Gasteiger partial charge is 0.266 e. The Balaban J connectivity index is 1.98. The molecule has 1 aromatic carbocycles. The van der Waals surface area contributed by atoms with Gasteiger partial charge in [-0.25, -0.2) is 0 Å². The summed E-state index contributed by atoms with van der Waals surface area (Å²) in [6, 6.07) is 5.41. The van der Waals surface area contributed by atoms with E-state index in [2.05, 4.69) is 0 Å². The van der Waals surface area contributed by atoms with Gasteiger partial charge in [0.15, 0.2) is 0 Å². The van der Waals surface area contributed by atoms with Crippen molar-refractivity contribution in [3.8, 4) is 0 Å². The van der Waals surface area contributed by atoms with Crippen LogP contribution in [0.3, 0.4) is 0 Å². The second-order valence-electron chi connectivity index (χ2n) is 5.46. The summed E-state index contributed by atoms with van der Waals surface area (Å²) in [6.07, 6.45) is 0.593. The van der Waals surface area contributed by atoms with Crippen LogP contribution >= 0.6 is 22.9 Å². The fraction of sp³-hybridized carbons (Fsp3) is 0.357. The van der Waals surface area contributed by atoms with E-state index in [0.29, 0.717) is 35.1 Å². The molecule has 1 aliphatic rings. The van der Waals surface area contributed by atoms with Crippen molar-refractivity contribution in [2.24, 2.45) is 0 Å². The van der Waals surface area contributed by atoms with Gasteiger partial charge < -0.3 is 15.7 Å². The Hall–Kier alpha value is -1.30. The third-order valence-corrected chi connectivity index (χ3v) is 5.02. The minimum Gasteiger partial charge on any atom is -0.397 e. The fourth-order valence-electron chi connectivity index (χ4n) is 2.51. The number of carbonyl (C=O) groups is 1. The van der Waals surface area contributed by atoms with Gasteiger partial charge in [-0.2, -0.15) is 0 Å². The summed E-state index contributed by atoms with van der Waals surface area (Å²) in [5.41, 5.74) is 5.78. The molecule has 20 heavy (non-hydrogen) atoms. The van der Waals surface area contributed by atoms with E-state index in [0.717, 1.165) is 10.1 Å². The number of hydrogen-bond acceptors (Lipinski definition) is 4. The highest BCUT2D eigenvalue weighted by atomic mass is 35.5. The molecule has 2 aromatic rings. The maximum atomic E-state index is 12.5. The topological polar surface area (TPSA) is 66.6 Å². The Morgan fingerprint density at radius 1 is 1.55 bits per heavy atom. The van der Waals surface area contributed by atoms with Crippen molar-refractivity contribution in [3.63, 3.8) is 0 Å². The van der Waals surface area contributed by atoms with E-state index in [9.17, 15) is 9.90 Å². The van der Waals surface area contributed by atoms with E-state index >= 15 is 0 Å². The van der Waals surface area contributed by atoms with Crippen molar-refractivity contribution in [1.29, 1.82) is 0 Å². The molecule has 1 atom stereocenters. The van der Waals surface area contributed by atoms with Crippen LogP contribution in [-0.2, 0) is 0 Å². The van der Waals surface area contributed by atoms with Crippen molar-refractivity contribution in [1.82, 2.24) is 4.90 Å². The molecular weight excluding hydrogens is 296 g/mol. The molecule has 6 heteroatoms. The number of fused-ring (bicyclic) bond motifs is 1. The minimum absolute atomic E-state index is 0.113. The number of anilines is 1. The lowest BCUT2D eigenvalue weighted by Crippen LogP contribution is -2.33. The van der Waals surface area contributed by atoms with Crippen molar-refractivity contribution in [3.05, 3.63) is 28.1 Å². The summed E-state index contributed by atoms with van der Waals surface area (Å²) in [6.45, 7) is 2.65. The van der Waals surface area contributed by atoms with Gasteiger partial charge in [0.25, 0.3) is 5.91 Å². The van der Waals surface area contributed by atoms with E-state index in [1.54, 1.807) is 17.9 Å². The molecule has 2 heterocycles. The lowest BCUT2D eigenvalue weighted by Gasteiger charge is -2.18. The number of halogens is 1. The van der Waals surface area contributed by atoms with Gasteiger partial charge in [0.05, 0.1) is 11.3 Å². The Morgan fingerprint density at radius 3 is 2.95 bits per heavy atom. The van der Waals surface area contributed by atoms with Crippen LogP contribution in [0.25, 0.3) is 10.1 Å². The zero-order valence-electron chi connectivity index (χ0n) is 11.0. The first-order valence-electron chi connectivity index (χ1n) is 6.36. The van der Waals surface area contributed by atoms with Gasteiger partial charge in [-0.3, -0.25) is 4.79 Å². The predicted octanol–water partition coefficient (Wildman–Crippen LogP) is 2.73. The normalized spacial score (nSPS) is 22.6. The first kappa shape index (κ1) is 13.7. The van der Waals surface area contributed by atoms with E-state index in [4.69, 9.17) is 17.3 Å². The number of nitrogens with two attached hydrogens (primary N) is 1. The zero-order chi connectivity index (χ0) is 14.5. The van der Waals surface area contributed by atoms with Crippen LogP contribution in [0, 0.1) is 0 Å². The molecule has 1 aliphatic heterocycles. The molecule has 1 unspecified atom stereocenters. The number of hydrogen-bond donors (Lipinski definition) is 2. The third-order valence-electron chi connectivity index (χ3n) is 3.62. The summed E-state index contributed by atoms with van der Waals surface area (Å²) in [5.74, 6) is -0.113. The van der Waals surface area contributed by atoms with Gasteiger partial charge in [-0.15, -0.1) is 11.3 Å². The lowest BCUT2D eigenvalue weighted by molar-refractivity contribution is 0.0575. The van der Waals surface area contributed by atoms with Crippen molar-refractivity contribution < 1.29 is 9.90 Å². The molecule has 106 valence electrons. The third kappa shape index (κ3) is 2.26. The Morgan fingerprint density at radius 2 is 2.30 bits per heavy atom. The second-order valence-corrected chi connectivity index (χ2v) is 6.95. The Bertz CT molecular complexity index is 696. The molecule has 1 fully saturated rings. The van der Waals surface area contributed by atoms with Crippen molar-refractivity contribution in [2.75, 3.05) is 18.8 Å². The standard InChI is InChI=1S/C14H15ClN2O2S/c1-14(19)4-5-17(7-14)13(18)12-11(16)9-3-2-8(15)6-10(9)20-12/h2-3,6,19H,4-5,7,16H2,1H3. The van der Waals surface area contributed by atoms with E-state index in [-0.39, 0.29) is 5.91 Å². The largest absolute Gasteiger partial charge is 0.397 e. The second kappa shape index (κ2) is 4.62. The first-order chi connectivity index (χ1) is 9.37. The zero-order valence-corrected chi connectivity index (χ0v) is 12.6. The van der Waals surface area contributed by atoms with Gasteiger partial charge in [0.2, 0.25) is 0 Å². The summed E-state index contributed by atoms with van der Waals surface area (Å²) >= 11 is 7.31. The Kier molecular flexibility index (Phi) is 3.16. The SMILES string of the molecule is CC1(O)CCN(C(=O)c2sc3cc(Cl)ccc3c2N)C1. The molecule has 0 spiro atoms. The monoisotopic (exact) mass is 310 g/mol. The lowest BCUT2D eigenvalue weighted by atomic mass is 10.1. The molecule has 0 radical (unpaired) electrons. The van der Waals surface area contributed by atoms with Gasteiger partial charge in [-0.1, -0.05) is 11.6 Å². The number of aliphatic hydroxyl groups is 1. The van der Waals surface area contributed by atoms with Crippen molar-refractivity contribution in [2.45, 2.75) is 18.9 Å². The van der Waals surface area contributed by atoms with Gasteiger partial charge in [0.1, 0.15) is 4.88 Å². The number of likely N-dealkylation sites (tertiary alicyclic amines) is 1. The van der Waals surface area contributed by atoms with Gasteiger partial charge in [-0.05, 0) is 31.5 Å². The summed E-state index contributed by atoms with van der Waals surface area (Å²) in [5, 5.41) is 11.4. The summed E-state index contributed by atoms with van der Waals surface area (Å²) in [7, 11) is 0. The number of amides is 1. The highest BCUT2D eigenvalue weighted by Gasteiger charge is 2.35. The minimum atomic E-state index is -0.801. The van der Waals surface area contributed by atoms with Crippen LogP contribution in [-0.4, -0.2) is 34.6 Å². The maximum absolute atomic E-state index is 12.5. The van der Waals surface area contributed by atoms with Gasteiger partial charge >= 0.3 is 0 Å². The quantitative estimate of drug-likeness (QED) is 0.851. The molecule has 1 amide bonds.